The van der Waals surface area contributed by atoms with Gasteiger partial charge < -0.3 is 19.2 Å². The molecule has 3 heterocycles. The number of hydrogen-bond donors (Lipinski definition) is 1. The third kappa shape index (κ3) is 3.24. The van der Waals surface area contributed by atoms with Crippen molar-refractivity contribution >= 4 is 5.91 Å². The molecule has 0 aromatic carbocycles. The Bertz CT molecular complexity index is 704. The highest BCUT2D eigenvalue weighted by atomic mass is 16.5. The predicted octanol–water partition coefficient (Wildman–Crippen LogP) is 2.22. The van der Waals surface area contributed by atoms with Crippen molar-refractivity contribution in [3.05, 3.63) is 41.7 Å². The van der Waals surface area contributed by atoms with E-state index >= 15 is 0 Å². The van der Waals surface area contributed by atoms with Gasteiger partial charge in [0.2, 0.25) is 0 Å². The van der Waals surface area contributed by atoms with Crippen molar-refractivity contribution in [2.24, 2.45) is 20.0 Å². The molecule has 2 aromatic heterocycles. The Morgan fingerprint density at radius 2 is 2.21 bits per heavy atom. The van der Waals surface area contributed by atoms with Crippen molar-refractivity contribution in [3.8, 4) is 0 Å². The summed E-state index contributed by atoms with van der Waals surface area (Å²) < 4.78 is 9.97. The molecule has 0 aliphatic carbocycles. The Morgan fingerprint density at radius 1 is 1.38 bits per heavy atom. The zero-order chi connectivity index (χ0) is 17.1. The quantitative estimate of drug-likeness (QED) is 0.914. The minimum Gasteiger partial charge on any atom is -0.370 e. The molecule has 130 valence electrons. The first-order valence-electron chi connectivity index (χ1n) is 8.63. The first-order chi connectivity index (χ1) is 11.6. The van der Waals surface area contributed by atoms with E-state index in [0.29, 0.717) is 6.54 Å². The fraction of sp³-hybridized carbons (Fsp3) is 0.556. The van der Waals surface area contributed by atoms with E-state index in [9.17, 15) is 4.79 Å². The lowest BCUT2D eigenvalue weighted by Crippen LogP contribution is -2.36. The summed E-state index contributed by atoms with van der Waals surface area (Å²) in [5, 5.41) is 3.10. The molecular formula is C18H26N4O2. The lowest BCUT2D eigenvalue weighted by Gasteiger charge is -2.31. The van der Waals surface area contributed by atoms with Gasteiger partial charge >= 0.3 is 0 Å². The van der Waals surface area contributed by atoms with Gasteiger partial charge in [0.1, 0.15) is 11.9 Å². The van der Waals surface area contributed by atoms with Crippen LogP contribution in [-0.2, 0) is 25.3 Å². The van der Waals surface area contributed by atoms with Crippen molar-refractivity contribution in [1.29, 1.82) is 0 Å². The summed E-state index contributed by atoms with van der Waals surface area (Å²) in [6.07, 6.45) is 8.50. The fourth-order valence-corrected chi connectivity index (χ4v) is 3.52. The van der Waals surface area contributed by atoms with Crippen LogP contribution in [0.15, 0.2) is 24.7 Å². The monoisotopic (exact) mass is 330 g/mol. The molecule has 1 N–H and O–H groups in total. The SMILES string of the molecule is CCc1c(C(=O)NC[C@@H]2CCCO[C@H]2c2nccn2C)ccn1C. The van der Waals surface area contributed by atoms with Crippen LogP contribution in [0.2, 0.25) is 0 Å². The number of nitrogens with one attached hydrogen (secondary N) is 1. The molecule has 0 bridgehead atoms. The zero-order valence-electron chi connectivity index (χ0n) is 14.7. The molecule has 24 heavy (non-hydrogen) atoms. The molecule has 3 rings (SSSR count). The Labute approximate surface area is 142 Å². The van der Waals surface area contributed by atoms with Crippen LogP contribution in [0.25, 0.3) is 0 Å². The van der Waals surface area contributed by atoms with Crippen molar-refractivity contribution < 1.29 is 9.53 Å². The van der Waals surface area contributed by atoms with Crippen LogP contribution >= 0.6 is 0 Å². The van der Waals surface area contributed by atoms with Gasteiger partial charge in [-0.1, -0.05) is 6.92 Å². The standard InChI is InChI=1S/C18H26N4O2/c1-4-15-14(7-9-21(15)2)18(23)20-12-13-6-5-11-24-16(13)17-19-8-10-22(17)3/h7-10,13,16H,4-6,11-12H2,1-3H3,(H,20,23)/t13-,16+/m0/s1. The minimum absolute atomic E-state index is 0.00314. The van der Waals surface area contributed by atoms with Crippen LogP contribution in [0, 0.1) is 5.92 Å². The number of aryl methyl sites for hydroxylation is 2. The summed E-state index contributed by atoms with van der Waals surface area (Å²) in [5.74, 6) is 1.18. The molecule has 6 nitrogen and oxygen atoms in total. The Kier molecular flexibility index (Phi) is 5.04. The Balaban J connectivity index is 1.68. The zero-order valence-corrected chi connectivity index (χ0v) is 14.7. The molecule has 2 atom stereocenters. The summed E-state index contributed by atoms with van der Waals surface area (Å²) in [4.78, 5) is 17.0. The lowest BCUT2D eigenvalue weighted by molar-refractivity contribution is -0.0337. The molecular weight excluding hydrogens is 304 g/mol. The van der Waals surface area contributed by atoms with Crippen molar-refractivity contribution in [3.63, 3.8) is 0 Å². The molecule has 2 aromatic rings. The number of imidazole rings is 1. The number of aromatic nitrogens is 3. The number of carbonyl (C=O) groups excluding carboxylic acids is 1. The summed E-state index contributed by atoms with van der Waals surface area (Å²) in [5.41, 5.74) is 1.83. The molecule has 0 spiro atoms. The normalized spacial score (nSPS) is 21.0. The van der Waals surface area contributed by atoms with Crippen LogP contribution in [0.4, 0.5) is 0 Å². The molecule has 1 saturated heterocycles. The topological polar surface area (TPSA) is 61.1 Å². The van der Waals surface area contributed by atoms with Gasteiger partial charge in [-0.3, -0.25) is 4.79 Å². The van der Waals surface area contributed by atoms with Gasteiger partial charge in [-0.05, 0) is 25.3 Å². The first kappa shape index (κ1) is 16.8. The maximum absolute atomic E-state index is 12.6. The van der Waals surface area contributed by atoms with Crippen molar-refractivity contribution in [2.45, 2.75) is 32.3 Å². The highest BCUT2D eigenvalue weighted by Gasteiger charge is 2.30. The van der Waals surface area contributed by atoms with E-state index in [4.69, 9.17) is 4.74 Å². The predicted molar refractivity (Wildman–Crippen MR) is 91.7 cm³/mol. The maximum Gasteiger partial charge on any atom is 0.253 e. The third-order valence-corrected chi connectivity index (χ3v) is 4.86. The van der Waals surface area contributed by atoms with Gasteiger partial charge in [0.05, 0.1) is 5.56 Å². The van der Waals surface area contributed by atoms with Crippen LogP contribution in [0.3, 0.4) is 0 Å². The van der Waals surface area contributed by atoms with Gasteiger partial charge in [0, 0.05) is 57.4 Å². The second kappa shape index (κ2) is 7.21. The minimum atomic E-state index is -0.0551. The highest BCUT2D eigenvalue weighted by molar-refractivity contribution is 5.95. The average Bonchev–Trinajstić information content (AvgIpc) is 3.18. The summed E-state index contributed by atoms with van der Waals surface area (Å²) in [7, 11) is 3.95. The summed E-state index contributed by atoms with van der Waals surface area (Å²) in [6.45, 7) is 3.42. The van der Waals surface area contributed by atoms with E-state index in [1.807, 2.05) is 41.7 Å². The molecule has 0 radical (unpaired) electrons. The lowest BCUT2D eigenvalue weighted by atomic mass is 9.93. The second-order valence-corrected chi connectivity index (χ2v) is 6.44. The van der Waals surface area contributed by atoms with E-state index in [1.165, 1.54) is 0 Å². The molecule has 6 heteroatoms. The Morgan fingerprint density at radius 3 is 2.92 bits per heavy atom. The van der Waals surface area contributed by atoms with Gasteiger partial charge in [0.15, 0.2) is 0 Å². The van der Waals surface area contributed by atoms with Crippen LogP contribution in [-0.4, -0.2) is 33.2 Å². The molecule has 1 aliphatic rings. The number of rotatable bonds is 5. The van der Waals surface area contributed by atoms with E-state index in [0.717, 1.165) is 43.0 Å². The number of ether oxygens (including phenoxy) is 1. The largest absolute Gasteiger partial charge is 0.370 e. The molecule has 1 fully saturated rings. The van der Waals surface area contributed by atoms with E-state index < -0.39 is 0 Å². The van der Waals surface area contributed by atoms with Crippen molar-refractivity contribution in [1.82, 2.24) is 19.4 Å². The molecule has 1 aliphatic heterocycles. The number of hydrogen-bond acceptors (Lipinski definition) is 3. The highest BCUT2D eigenvalue weighted by Crippen LogP contribution is 2.32. The van der Waals surface area contributed by atoms with Crippen LogP contribution < -0.4 is 5.32 Å². The van der Waals surface area contributed by atoms with Crippen LogP contribution in [0.5, 0.6) is 0 Å². The molecule has 1 amide bonds. The summed E-state index contributed by atoms with van der Waals surface area (Å²) >= 11 is 0. The molecule has 0 saturated carbocycles. The van der Waals surface area contributed by atoms with Gasteiger partial charge in [-0.25, -0.2) is 4.98 Å². The summed E-state index contributed by atoms with van der Waals surface area (Å²) in [6, 6.07) is 1.89. The van der Waals surface area contributed by atoms with Gasteiger partial charge in [-0.15, -0.1) is 0 Å². The second-order valence-electron chi connectivity index (χ2n) is 6.44. The Hall–Kier alpha value is -2.08. The average molecular weight is 330 g/mol. The van der Waals surface area contributed by atoms with Gasteiger partial charge in [-0.2, -0.15) is 0 Å². The number of nitrogens with zero attached hydrogens (tertiary/aromatic N) is 3. The van der Waals surface area contributed by atoms with Gasteiger partial charge in [0.25, 0.3) is 5.91 Å². The van der Waals surface area contributed by atoms with E-state index in [-0.39, 0.29) is 17.9 Å². The maximum atomic E-state index is 12.6. The first-order valence-corrected chi connectivity index (χ1v) is 8.63. The smallest absolute Gasteiger partial charge is 0.253 e. The number of carbonyl (C=O) groups is 1. The van der Waals surface area contributed by atoms with Crippen molar-refractivity contribution in [2.75, 3.05) is 13.2 Å². The fourth-order valence-electron chi connectivity index (χ4n) is 3.52. The van der Waals surface area contributed by atoms with Crippen LogP contribution in [0.1, 0.15) is 47.7 Å². The molecule has 0 unspecified atom stereocenters. The van der Waals surface area contributed by atoms with E-state index in [1.54, 1.807) is 6.20 Å². The van der Waals surface area contributed by atoms with E-state index in [2.05, 4.69) is 17.2 Å². The third-order valence-electron chi connectivity index (χ3n) is 4.86. The number of amides is 1.